The molecule has 0 fully saturated rings. The van der Waals surface area contributed by atoms with Crippen LogP contribution in [0.3, 0.4) is 0 Å². The lowest BCUT2D eigenvalue weighted by molar-refractivity contribution is -0.145. The minimum absolute atomic E-state index is 0.0431. The van der Waals surface area contributed by atoms with Crippen molar-refractivity contribution in [3.05, 3.63) is 0 Å². The molecule has 2 unspecified atom stereocenters. The highest BCUT2D eigenvalue weighted by atomic mass is 16.5. The third-order valence-corrected chi connectivity index (χ3v) is 2.27. The number of amides is 1. The zero-order chi connectivity index (χ0) is 12.0. The van der Waals surface area contributed by atoms with Crippen LogP contribution in [0.4, 0.5) is 0 Å². The fraction of sp³-hybridized carbons (Fsp3) is 0.800. The second kappa shape index (κ2) is 6.40. The second-order valence-electron chi connectivity index (χ2n) is 3.85. The number of carbonyl (C=O) groups is 2. The third-order valence-electron chi connectivity index (χ3n) is 2.27. The summed E-state index contributed by atoms with van der Waals surface area (Å²) in [5, 5.41) is 3.01. The summed E-state index contributed by atoms with van der Waals surface area (Å²) in [4.78, 5) is 21.9. The number of ether oxygens (including phenoxy) is 1. The van der Waals surface area contributed by atoms with E-state index in [0.29, 0.717) is 6.42 Å². The van der Waals surface area contributed by atoms with E-state index >= 15 is 0 Å². The van der Waals surface area contributed by atoms with Gasteiger partial charge in [0, 0.05) is 6.04 Å². The Morgan fingerprint density at radius 3 is 2.27 bits per heavy atom. The van der Waals surface area contributed by atoms with Gasteiger partial charge in [-0.15, -0.1) is 0 Å². The molecule has 3 atom stereocenters. The van der Waals surface area contributed by atoms with Crippen molar-refractivity contribution in [1.29, 1.82) is 0 Å². The normalized spacial score (nSPS) is 16.5. The van der Waals surface area contributed by atoms with Crippen molar-refractivity contribution in [3.8, 4) is 0 Å². The van der Waals surface area contributed by atoms with Gasteiger partial charge in [0.2, 0.25) is 5.91 Å². The van der Waals surface area contributed by atoms with Gasteiger partial charge in [-0.25, -0.2) is 0 Å². The Kier molecular flexibility index (Phi) is 5.93. The molecule has 0 aromatic heterocycles. The topological polar surface area (TPSA) is 81.4 Å². The fourth-order valence-electron chi connectivity index (χ4n) is 1.40. The van der Waals surface area contributed by atoms with Crippen molar-refractivity contribution >= 4 is 11.9 Å². The van der Waals surface area contributed by atoms with Gasteiger partial charge < -0.3 is 15.8 Å². The monoisotopic (exact) mass is 216 g/mol. The molecule has 5 nitrogen and oxygen atoms in total. The van der Waals surface area contributed by atoms with Crippen molar-refractivity contribution in [2.24, 2.45) is 11.7 Å². The van der Waals surface area contributed by atoms with Crippen LogP contribution >= 0.6 is 0 Å². The first-order chi connectivity index (χ1) is 6.88. The third kappa shape index (κ3) is 5.37. The second-order valence-corrected chi connectivity index (χ2v) is 3.85. The molecule has 0 radical (unpaired) electrons. The van der Waals surface area contributed by atoms with Crippen LogP contribution in [-0.4, -0.2) is 31.1 Å². The van der Waals surface area contributed by atoms with Crippen LogP contribution in [0.5, 0.6) is 0 Å². The summed E-state index contributed by atoms with van der Waals surface area (Å²) in [6.07, 6.45) is 0.615. The molecular formula is C10H20N2O3. The predicted molar refractivity (Wildman–Crippen MR) is 57.1 cm³/mol. The number of rotatable bonds is 6. The van der Waals surface area contributed by atoms with Gasteiger partial charge in [-0.1, -0.05) is 6.92 Å². The highest BCUT2D eigenvalue weighted by molar-refractivity contribution is 5.79. The molecule has 0 aliphatic rings. The minimum Gasteiger partial charge on any atom is -0.469 e. The Morgan fingerprint density at radius 1 is 1.33 bits per heavy atom. The summed E-state index contributed by atoms with van der Waals surface area (Å²) in [5.41, 5.74) is 5.11. The van der Waals surface area contributed by atoms with Crippen LogP contribution in [0.25, 0.3) is 0 Å². The summed E-state index contributed by atoms with van der Waals surface area (Å²) in [6.45, 7) is 5.39. The van der Waals surface area contributed by atoms with Crippen LogP contribution in [0.2, 0.25) is 0 Å². The molecule has 3 N–H and O–H groups in total. The van der Waals surface area contributed by atoms with Gasteiger partial charge in [-0.05, 0) is 20.3 Å². The fourth-order valence-corrected chi connectivity index (χ4v) is 1.40. The molecule has 1 amide bonds. The smallest absolute Gasteiger partial charge is 0.308 e. The highest BCUT2D eigenvalue weighted by Crippen LogP contribution is 2.08. The molecule has 0 aliphatic carbocycles. The van der Waals surface area contributed by atoms with Crippen LogP contribution in [-0.2, 0) is 14.3 Å². The van der Waals surface area contributed by atoms with Gasteiger partial charge in [-0.3, -0.25) is 9.59 Å². The quantitative estimate of drug-likeness (QED) is 0.614. The number of hydrogen-bond donors (Lipinski definition) is 2. The Bertz CT molecular complexity index is 231. The number of methoxy groups -OCH3 is 1. The average molecular weight is 216 g/mol. The molecule has 0 bridgehead atoms. The summed E-state index contributed by atoms with van der Waals surface area (Å²) < 4.78 is 4.61. The van der Waals surface area contributed by atoms with E-state index in [1.54, 1.807) is 13.8 Å². The Balaban J connectivity index is 3.97. The zero-order valence-corrected chi connectivity index (χ0v) is 9.74. The SMILES string of the molecule is COC(=O)C(C)CC(C)N[C@@H](C)C(N)=O. The van der Waals surface area contributed by atoms with E-state index in [9.17, 15) is 9.59 Å². The van der Waals surface area contributed by atoms with Crippen LogP contribution in [0.1, 0.15) is 27.2 Å². The first-order valence-corrected chi connectivity index (χ1v) is 5.01. The van der Waals surface area contributed by atoms with E-state index in [1.807, 2.05) is 6.92 Å². The molecule has 0 saturated heterocycles. The van der Waals surface area contributed by atoms with Gasteiger partial charge in [0.1, 0.15) is 0 Å². The summed E-state index contributed by atoms with van der Waals surface area (Å²) >= 11 is 0. The van der Waals surface area contributed by atoms with Crippen LogP contribution in [0.15, 0.2) is 0 Å². The Morgan fingerprint density at radius 2 is 1.87 bits per heavy atom. The average Bonchev–Trinajstić information content (AvgIpc) is 2.15. The van der Waals surface area contributed by atoms with E-state index in [2.05, 4.69) is 10.1 Å². The van der Waals surface area contributed by atoms with Crippen molar-refractivity contribution in [2.75, 3.05) is 7.11 Å². The lowest BCUT2D eigenvalue weighted by atomic mass is 10.0. The molecule has 0 aromatic carbocycles. The number of nitrogens with two attached hydrogens (primary N) is 1. The summed E-state index contributed by atoms with van der Waals surface area (Å²) in [6, 6.07) is -0.341. The van der Waals surface area contributed by atoms with E-state index in [1.165, 1.54) is 7.11 Å². The minimum atomic E-state index is -0.396. The molecule has 88 valence electrons. The molecule has 0 aliphatic heterocycles. The van der Waals surface area contributed by atoms with Crippen LogP contribution < -0.4 is 11.1 Å². The summed E-state index contributed by atoms with van der Waals surface area (Å²) in [7, 11) is 1.36. The number of esters is 1. The lowest BCUT2D eigenvalue weighted by Crippen LogP contribution is -2.44. The van der Waals surface area contributed by atoms with Gasteiger partial charge in [0.25, 0.3) is 0 Å². The molecule has 15 heavy (non-hydrogen) atoms. The van der Waals surface area contributed by atoms with E-state index in [-0.39, 0.29) is 24.0 Å². The molecule has 5 heteroatoms. The largest absolute Gasteiger partial charge is 0.469 e. The molecule has 0 heterocycles. The standard InChI is InChI=1S/C10H20N2O3/c1-6(10(14)15-4)5-7(2)12-8(3)9(11)13/h6-8,12H,5H2,1-4H3,(H2,11,13)/t6?,7?,8-/m0/s1. The van der Waals surface area contributed by atoms with Gasteiger partial charge in [0.05, 0.1) is 19.1 Å². The molecule has 0 rings (SSSR count). The number of hydrogen-bond acceptors (Lipinski definition) is 4. The summed E-state index contributed by atoms with van der Waals surface area (Å²) in [5.74, 6) is -0.819. The lowest BCUT2D eigenvalue weighted by Gasteiger charge is -2.19. The molecule has 0 aromatic rings. The number of primary amides is 1. The molecule has 0 saturated carbocycles. The Hall–Kier alpha value is -1.10. The maximum absolute atomic E-state index is 11.1. The molecule has 0 spiro atoms. The van der Waals surface area contributed by atoms with E-state index < -0.39 is 5.91 Å². The van der Waals surface area contributed by atoms with Gasteiger partial charge >= 0.3 is 5.97 Å². The van der Waals surface area contributed by atoms with Gasteiger partial charge in [0.15, 0.2) is 0 Å². The van der Waals surface area contributed by atoms with Crippen molar-refractivity contribution < 1.29 is 14.3 Å². The van der Waals surface area contributed by atoms with E-state index in [0.717, 1.165) is 0 Å². The van der Waals surface area contributed by atoms with Crippen molar-refractivity contribution in [1.82, 2.24) is 5.32 Å². The van der Waals surface area contributed by atoms with Crippen LogP contribution in [0, 0.1) is 5.92 Å². The Labute approximate surface area is 90.4 Å². The predicted octanol–water partition coefficient (Wildman–Crippen LogP) is 0.0375. The maximum Gasteiger partial charge on any atom is 0.308 e. The maximum atomic E-state index is 11.1. The van der Waals surface area contributed by atoms with Crippen molar-refractivity contribution in [3.63, 3.8) is 0 Å². The van der Waals surface area contributed by atoms with Crippen molar-refractivity contribution in [2.45, 2.75) is 39.3 Å². The highest BCUT2D eigenvalue weighted by Gasteiger charge is 2.18. The number of nitrogens with one attached hydrogen (secondary N) is 1. The first-order valence-electron chi connectivity index (χ1n) is 5.01. The van der Waals surface area contributed by atoms with E-state index in [4.69, 9.17) is 5.73 Å². The zero-order valence-electron chi connectivity index (χ0n) is 9.74. The number of carbonyl (C=O) groups excluding carboxylic acids is 2. The molecular weight excluding hydrogens is 196 g/mol. The van der Waals surface area contributed by atoms with Gasteiger partial charge in [-0.2, -0.15) is 0 Å². The first kappa shape index (κ1) is 13.9.